The first-order valence-electron chi connectivity index (χ1n) is 6.32. The number of benzene rings is 1. The Morgan fingerprint density at radius 3 is 2.83 bits per heavy atom. The molecule has 96 valence electrons. The van der Waals surface area contributed by atoms with Crippen LogP contribution in [0.5, 0.6) is 0 Å². The first-order chi connectivity index (χ1) is 8.79. The Hall–Kier alpha value is -1.68. The third-order valence-electron chi connectivity index (χ3n) is 3.17. The van der Waals surface area contributed by atoms with E-state index in [0.29, 0.717) is 6.42 Å². The Labute approximate surface area is 107 Å². The Kier molecular flexibility index (Phi) is 4.47. The van der Waals surface area contributed by atoms with Crippen LogP contribution >= 0.6 is 0 Å². The van der Waals surface area contributed by atoms with Gasteiger partial charge in [-0.1, -0.05) is 30.3 Å². The second-order valence-corrected chi connectivity index (χ2v) is 4.59. The predicted molar refractivity (Wildman–Crippen MR) is 69.2 cm³/mol. The van der Waals surface area contributed by atoms with Gasteiger partial charge < -0.3 is 15.4 Å². The van der Waals surface area contributed by atoms with Gasteiger partial charge in [-0.3, -0.25) is 4.79 Å². The van der Waals surface area contributed by atoms with Crippen molar-refractivity contribution in [2.75, 3.05) is 6.54 Å². The maximum atomic E-state index is 11.9. The summed E-state index contributed by atoms with van der Waals surface area (Å²) in [6, 6.07) is 9.12. The molecule has 1 amide bonds. The maximum Gasteiger partial charge on any atom is 0.237 e. The van der Waals surface area contributed by atoms with Crippen molar-refractivity contribution in [1.82, 2.24) is 10.6 Å². The molecule has 0 saturated carbocycles. The number of carbonyl (C=O) groups excluding carboxylic acids is 2. The zero-order valence-corrected chi connectivity index (χ0v) is 10.3. The second kappa shape index (κ2) is 6.31. The molecule has 1 aromatic rings. The summed E-state index contributed by atoms with van der Waals surface area (Å²) < 4.78 is 0. The topological polar surface area (TPSA) is 58.2 Å². The van der Waals surface area contributed by atoms with E-state index in [-0.39, 0.29) is 11.9 Å². The fourth-order valence-corrected chi connectivity index (χ4v) is 2.19. The molecule has 4 nitrogen and oxygen atoms in total. The zero-order chi connectivity index (χ0) is 12.8. The number of hydrogen-bond donors (Lipinski definition) is 2. The highest BCUT2D eigenvalue weighted by molar-refractivity contribution is 5.84. The number of aldehydes is 1. The smallest absolute Gasteiger partial charge is 0.237 e. The van der Waals surface area contributed by atoms with E-state index in [0.717, 1.165) is 31.2 Å². The fraction of sp³-hybridized carbons (Fsp3) is 0.429. The fourth-order valence-electron chi connectivity index (χ4n) is 2.19. The highest BCUT2D eigenvalue weighted by Crippen LogP contribution is 2.06. The molecule has 2 atom stereocenters. The average Bonchev–Trinajstić information content (AvgIpc) is 2.93. The van der Waals surface area contributed by atoms with Gasteiger partial charge in [-0.05, 0) is 31.4 Å². The molecule has 1 saturated heterocycles. The van der Waals surface area contributed by atoms with Gasteiger partial charge in [0.05, 0.1) is 12.1 Å². The van der Waals surface area contributed by atoms with Crippen LogP contribution in [0.1, 0.15) is 18.4 Å². The van der Waals surface area contributed by atoms with E-state index in [2.05, 4.69) is 10.6 Å². The van der Waals surface area contributed by atoms with Crippen LogP contribution in [0.15, 0.2) is 30.3 Å². The molecule has 1 aromatic carbocycles. The van der Waals surface area contributed by atoms with Crippen molar-refractivity contribution in [3.63, 3.8) is 0 Å². The lowest BCUT2D eigenvalue weighted by Gasteiger charge is -2.16. The van der Waals surface area contributed by atoms with Crippen molar-refractivity contribution in [1.29, 1.82) is 0 Å². The van der Waals surface area contributed by atoms with Gasteiger partial charge in [-0.15, -0.1) is 0 Å². The molecule has 0 aromatic heterocycles. The summed E-state index contributed by atoms with van der Waals surface area (Å²) >= 11 is 0. The molecular formula is C14H18N2O2. The Morgan fingerprint density at radius 1 is 1.44 bits per heavy atom. The lowest BCUT2D eigenvalue weighted by Crippen LogP contribution is -2.46. The first kappa shape index (κ1) is 12.8. The third-order valence-corrected chi connectivity index (χ3v) is 3.17. The second-order valence-electron chi connectivity index (χ2n) is 4.59. The van der Waals surface area contributed by atoms with Gasteiger partial charge >= 0.3 is 0 Å². The number of rotatable bonds is 5. The normalized spacial score (nSPS) is 20.3. The third kappa shape index (κ3) is 3.40. The van der Waals surface area contributed by atoms with Crippen LogP contribution in [-0.2, 0) is 16.0 Å². The van der Waals surface area contributed by atoms with Crippen LogP contribution < -0.4 is 10.6 Å². The van der Waals surface area contributed by atoms with Crippen molar-refractivity contribution >= 4 is 12.2 Å². The molecule has 0 bridgehead atoms. The molecule has 0 radical (unpaired) electrons. The van der Waals surface area contributed by atoms with Gasteiger partial charge in [0.2, 0.25) is 5.91 Å². The summed E-state index contributed by atoms with van der Waals surface area (Å²) in [4.78, 5) is 22.9. The van der Waals surface area contributed by atoms with Crippen LogP contribution in [0.3, 0.4) is 0 Å². The standard InChI is InChI=1S/C14H18N2O2/c17-10-12(9-11-5-2-1-3-6-11)16-14(18)13-7-4-8-15-13/h1-3,5-6,10,12-13,15H,4,7-9H2,(H,16,18)/t12-,13-/m0/s1. The van der Waals surface area contributed by atoms with Crippen LogP contribution in [-0.4, -0.2) is 30.8 Å². The Morgan fingerprint density at radius 2 is 2.22 bits per heavy atom. The van der Waals surface area contributed by atoms with E-state index in [1.165, 1.54) is 0 Å². The van der Waals surface area contributed by atoms with Crippen molar-refractivity contribution in [2.45, 2.75) is 31.3 Å². The molecule has 4 heteroatoms. The van der Waals surface area contributed by atoms with Gasteiger partial charge in [-0.25, -0.2) is 0 Å². The van der Waals surface area contributed by atoms with Gasteiger partial charge in [0.15, 0.2) is 0 Å². The van der Waals surface area contributed by atoms with E-state index < -0.39 is 6.04 Å². The van der Waals surface area contributed by atoms with Crippen molar-refractivity contribution < 1.29 is 9.59 Å². The quantitative estimate of drug-likeness (QED) is 0.751. The van der Waals surface area contributed by atoms with Crippen molar-refractivity contribution in [3.05, 3.63) is 35.9 Å². The van der Waals surface area contributed by atoms with Crippen LogP contribution in [0.2, 0.25) is 0 Å². The number of carbonyl (C=O) groups is 2. The van der Waals surface area contributed by atoms with E-state index in [1.807, 2.05) is 30.3 Å². The minimum Gasteiger partial charge on any atom is -0.345 e. The molecule has 0 unspecified atom stereocenters. The van der Waals surface area contributed by atoms with Crippen LogP contribution in [0.4, 0.5) is 0 Å². The van der Waals surface area contributed by atoms with Gasteiger partial charge in [0.1, 0.15) is 6.29 Å². The largest absolute Gasteiger partial charge is 0.345 e. The minimum absolute atomic E-state index is 0.0690. The van der Waals surface area contributed by atoms with E-state index in [9.17, 15) is 9.59 Å². The molecule has 0 aliphatic carbocycles. The highest BCUT2D eigenvalue weighted by atomic mass is 16.2. The van der Waals surface area contributed by atoms with Crippen molar-refractivity contribution in [3.8, 4) is 0 Å². The molecule has 1 heterocycles. The zero-order valence-electron chi connectivity index (χ0n) is 10.3. The van der Waals surface area contributed by atoms with E-state index in [4.69, 9.17) is 0 Å². The van der Waals surface area contributed by atoms with Crippen LogP contribution in [0, 0.1) is 0 Å². The van der Waals surface area contributed by atoms with Crippen molar-refractivity contribution in [2.24, 2.45) is 0 Å². The molecular weight excluding hydrogens is 228 g/mol. The number of nitrogens with one attached hydrogen (secondary N) is 2. The first-order valence-corrected chi connectivity index (χ1v) is 6.32. The summed E-state index contributed by atoms with van der Waals surface area (Å²) in [6.45, 7) is 0.878. The average molecular weight is 246 g/mol. The Balaban J connectivity index is 1.89. The number of hydrogen-bond acceptors (Lipinski definition) is 3. The van der Waals surface area contributed by atoms with Gasteiger partial charge in [-0.2, -0.15) is 0 Å². The van der Waals surface area contributed by atoms with E-state index in [1.54, 1.807) is 0 Å². The van der Waals surface area contributed by atoms with Crippen LogP contribution in [0.25, 0.3) is 0 Å². The van der Waals surface area contributed by atoms with Gasteiger partial charge in [0.25, 0.3) is 0 Å². The molecule has 1 aliphatic rings. The highest BCUT2D eigenvalue weighted by Gasteiger charge is 2.23. The molecule has 18 heavy (non-hydrogen) atoms. The molecule has 2 rings (SSSR count). The van der Waals surface area contributed by atoms with E-state index >= 15 is 0 Å². The molecule has 2 N–H and O–H groups in total. The molecule has 1 fully saturated rings. The predicted octanol–water partition coefficient (Wildman–Crippen LogP) is 0.665. The lowest BCUT2D eigenvalue weighted by atomic mass is 10.1. The minimum atomic E-state index is -0.442. The number of amides is 1. The molecule has 1 aliphatic heterocycles. The summed E-state index contributed by atoms with van der Waals surface area (Å²) in [7, 11) is 0. The lowest BCUT2D eigenvalue weighted by molar-refractivity contribution is -0.125. The van der Waals surface area contributed by atoms with Gasteiger partial charge in [0, 0.05) is 0 Å². The summed E-state index contributed by atoms with van der Waals surface area (Å²) in [6.07, 6.45) is 3.22. The Bertz CT molecular complexity index is 400. The maximum absolute atomic E-state index is 11.9. The summed E-state index contributed by atoms with van der Waals surface area (Å²) in [5, 5.41) is 5.91. The summed E-state index contributed by atoms with van der Waals surface area (Å²) in [5.74, 6) is -0.0690. The summed E-state index contributed by atoms with van der Waals surface area (Å²) in [5.41, 5.74) is 1.05. The monoisotopic (exact) mass is 246 g/mol. The molecule has 0 spiro atoms. The SMILES string of the molecule is O=C[C@H](Cc1ccccc1)NC(=O)[C@@H]1CCCN1.